The van der Waals surface area contributed by atoms with Crippen LogP contribution in [0.15, 0.2) is 48.5 Å². The molecule has 0 aliphatic carbocycles. The molecule has 1 fully saturated rings. The molecule has 1 atom stereocenters. The van der Waals surface area contributed by atoms with Crippen LogP contribution in [-0.4, -0.2) is 44.1 Å². The quantitative estimate of drug-likeness (QED) is 0.791. The Morgan fingerprint density at radius 3 is 2.78 bits per heavy atom. The van der Waals surface area contributed by atoms with E-state index in [1.54, 1.807) is 25.3 Å². The fraction of sp³-hybridized carbons (Fsp3) is 0.350. The summed E-state index contributed by atoms with van der Waals surface area (Å²) in [4.78, 5) is 14.5. The van der Waals surface area contributed by atoms with Gasteiger partial charge in [0.15, 0.2) is 0 Å². The Morgan fingerprint density at radius 1 is 1.26 bits per heavy atom. The van der Waals surface area contributed by atoms with Crippen LogP contribution in [0.2, 0.25) is 0 Å². The lowest BCUT2D eigenvalue weighted by molar-refractivity contribution is -0.123. The van der Waals surface area contributed by atoms with E-state index in [-0.39, 0.29) is 43.3 Å². The first kappa shape index (κ1) is 21.2. The number of hydrogen-bond acceptors (Lipinski definition) is 4. The minimum absolute atomic E-state index is 0. The van der Waals surface area contributed by atoms with Gasteiger partial charge < -0.3 is 15.4 Å². The Balaban J connectivity index is 0.00000261. The Morgan fingerprint density at radius 2 is 2.00 bits per heavy atom. The highest BCUT2D eigenvalue weighted by Gasteiger charge is 2.27. The standard InChI is InChI=1S/C20H24FN3O2.ClH/c1-26-19-9-5-3-7-16(19)18-13-22-10-11-24(18)14-20(25)23-12-15-6-2-4-8-17(15)21;/h2-9,18,22H,10-14H2,1H3,(H,23,25);1H. The third-order valence-electron chi connectivity index (χ3n) is 4.63. The van der Waals surface area contributed by atoms with Gasteiger partial charge in [0.25, 0.3) is 0 Å². The van der Waals surface area contributed by atoms with Gasteiger partial charge >= 0.3 is 0 Å². The SMILES string of the molecule is COc1ccccc1C1CNCCN1CC(=O)NCc1ccccc1F.Cl. The zero-order chi connectivity index (χ0) is 18.4. The van der Waals surface area contributed by atoms with E-state index in [0.717, 1.165) is 30.9 Å². The van der Waals surface area contributed by atoms with E-state index in [9.17, 15) is 9.18 Å². The number of hydrogen-bond donors (Lipinski definition) is 2. The number of benzene rings is 2. The summed E-state index contributed by atoms with van der Waals surface area (Å²) in [5.41, 5.74) is 1.55. The zero-order valence-electron chi connectivity index (χ0n) is 15.3. The van der Waals surface area contributed by atoms with Crippen LogP contribution in [0.25, 0.3) is 0 Å². The van der Waals surface area contributed by atoms with Crippen LogP contribution in [0.3, 0.4) is 0 Å². The Hall–Kier alpha value is -2.15. The lowest BCUT2D eigenvalue weighted by Crippen LogP contribution is -2.49. The van der Waals surface area contributed by atoms with E-state index in [2.05, 4.69) is 15.5 Å². The Labute approximate surface area is 165 Å². The number of methoxy groups -OCH3 is 1. The first-order chi connectivity index (χ1) is 12.7. The van der Waals surface area contributed by atoms with E-state index in [1.807, 2.05) is 24.3 Å². The summed E-state index contributed by atoms with van der Waals surface area (Å²) in [6.45, 7) is 2.79. The van der Waals surface area contributed by atoms with Crippen LogP contribution in [-0.2, 0) is 11.3 Å². The lowest BCUT2D eigenvalue weighted by Gasteiger charge is -2.36. The number of halogens is 2. The van der Waals surface area contributed by atoms with Gasteiger partial charge in [0.05, 0.1) is 19.7 Å². The second kappa shape index (κ2) is 10.3. The summed E-state index contributed by atoms with van der Waals surface area (Å²) < 4.78 is 19.2. The van der Waals surface area contributed by atoms with E-state index in [4.69, 9.17) is 4.74 Å². The molecule has 3 rings (SSSR count). The Bertz CT molecular complexity index is 760. The van der Waals surface area contributed by atoms with Crippen LogP contribution in [0, 0.1) is 5.82 Å². The Kier molecular flexibility index (Phi) is 8.03. The molecule has 0 saturated carbocycles. The van der Waals surface area contributed by atoms with Crippen molar-refractivity contribution in [2.45, 2.75) is 12.6 Å². The van der Waals surface area contributed by atoms with Crippen LogP contribution in [0.5, 0.6) is 5.75 Å². The van der Waals surface area contributed by atoms with Gasteiger partial charge in [0.2, 0.25) is 5.91 Å². The highest BCUT2D eigenvalue weighted by atomic mass is 35.5. The van der Waals surface area contributed by atoms with Crippen molar-refractivity contribution < 1.29 is 13.9 Å². The maximum Gasteiger partial charge on any atom is 0.234 e. The second-order valence-electron chi connectivity index (χ2n) is 6.30. The number of piperazine rings is 1. The van der Waals surface area contributed by atoms with Gasteiger partial charge in [0, 0.05) is 37.3 Å². The van der Waals surface area contributed by atoms with Crippen molar-refractivity contribution in [1.29, 1.82) is 0 Å². The molecule has 27 heavy (non-hydrogen) atoms. The van der Waals surface area contributed by atoms with Gasteiger partial charge in [0.1, 0.15) is 11.6 Å². The number of nitrogens with one attached hydrogen (secondary N) is 2. The summed E-state index contributed by atoms with van der Waals surface area (Å²) in [6, 6.07) is 14.4. The number of nitrogens with zero attached hydrogens (tertiary/aromatic N) is 1. The summed E-state index contributed by atoms with van der Waals surface area (Å²) in [5.74, 6) is 0.398. The molecule has 2 N–H and O–H groups in total. The maximum atomic E-state index is 13.7. The van der Waals surface area contributed by atoms with Gasteiger partial charge in [-0.1, -0.05) is 36.4 Å². The van der Waals surface area contributed by atoms with E-state index >= 15 is 0 Å². The third kappa shape index (κ3) is 5.42. The molecule has 1 unspecified atom stereocenters. The molecule has 1 saturated heterocycles. The molecule has 1 aliphatic rings. The number of para-hydroxylation sites is 1. The number of amides is 1. The van der Waals surface area contributed by atoms with Crippen molar-refractivity contribution in [2.75, 3.05) is 33.3 Å². The fourth-order valence-corrected chi connectivity index (χ4v) is 3.26. The normalized spacial score (nSPS) is 17.0. The fourth-order valence-electron chi connectivity index (χ4n) is 3.26. The molecule has 1 amide bonds. The van der Waals surface area contributed by atoms with Crippen molar-refractivity contribution in [3.05, 3.63) is 65.5 Å². The molecule has 1 aliphatic heterocycles. The minimum atomic E-state index is -0.304. The van der Waals surface area contributed by atoms with Gasteiger partial charge in [-0.3, -0.25) is 9.69 Å². The molecule has 146 valence electrons. The molecule has 0 bridgehead atoms. The molecule has 0 aromatic heterocycles. The molecular weight excluding hydrogens is 369 g/mol. The summed E-state index contributed by atoms with van der Waals surface area (Å²) in [5, 5.41) is 6.19. The van der Waals surface area contributed by atoms with Crippen molar-refractivity contribution in [1.82, 2.24) is 15.5 Å². The minimum Gasteiger partial charge on any atom is -0.496 e. The second-order valence-corrected chi connectivity index (χ2v) is 6.30. The highest BCUT2D eigenvalue weighted by molar-refractivity contribution is 5.85. The van der Waals surface area contributed by atoms with Gasteiger partial charge in [-0.25, -0.2) is 4.39 Å². The highest BCUT2D eigenvalue weighted by Crippen LogP contribution is 2.29. The first-order valence-corrected chi connectivity index (χ1v) is 8.77. The average Bonchev–Trinajstić information content (AvgIpc) is 2.68. The number of carbonyl (C=O) groups excluding carboxylic acids is 1. The van der Waals surface area contributed by atoms with Crippen molar-refractivity contribution >= 4 is 18.3 Å². The van der Waals surface area contributed by atoms with Crippen LogP contribution >= 0.6 is 12.4 Å². The van der Waals surface area contributed by atoms with Crippen LogP contribution in [0.4, 0.5) is 4.39 Å². The van der Waals surface area contributed by atoms with Crippen molar-refractivity contribution in [3.63, 3.8) is 0 Å². The van der Waals surface area contributed by atoms with E-state index in [0.29, 0.717) is 5.56 Å². The number of carbonyl (C=O) groups is 1. The summed E-state index contributed by atoms with van der Waals surface area (Å²) in [6.07, 6.45) is 0. The summed E-state index contributed by atoms with van der Waals surface area (Å²) in [7, 11) is 1.65. The van der Waals surface area contributed by atoms with Gasteiger partial charge in [-0.05, 0) is 12.1 Å². The first-order valence-electron chi connectivity index (χ1n) is 8.77. The molecule has 7 heteroatoms. The maximum absolute atomic E-state index is 13.7. The molecular formula is C20H25ClFN3O2. The van der Waals surface area contributed by atoms with E-state index < -0.39 is 0 Å². The monoisotopic (exact) mass is 393 g/mol. The largest absolute Gasteiger partial charge is 0.496 e. The number of rotatable bonds is 6. The van der Waals surface area contributed by atoms with Gasteiger partial charge in [-0.15, -0.1) is 12.4 Å². The van der Waals surface area contributed by atoms with E-state index in [1.165, 1.54) is 6.07 Å². The summed E-state index contributed by atoms with van der Waals surface area (Å²) >= 11 is 0. The van der Waals surface area contributed by atoms with Crippen LogP contribution < -0.4 is 15.4 Å². The predicted molar refractivity (Wildman–Crippen MR) is 106 cm³/mol. The number of ether oxygens (including phenoxy) is 1. The molecule has 0 radical (unpaired) electrons. The third-order valence-corrected chi connectivity index (χ3v) is 4.63. The zero-order valence-corrected chi connectivity index (χ0v) is 16.1. The van der Waals surface area contributed by atoms with Crippen LogP contribution in [0.1, 0.15) is 17.2 Å². The molecule has 2 aromatic carbocycles. The van der Waals surface area contributed by atoms with Gasteiger partial charge in [-0.2, -0.15) is 0 Å². The van der Waals surface area contributed by atoms with Crippen molar-refractivity contribution in [3.8, 4) is 5.75 Å². The smallest absolute Gasteiger partial charge is 0.234 e. The average molecular weight is 394 g/mol. The molecule has 0 spiro atoms. The van der Waals surface area contributed by atoms with Crippen molar-refractivity contribution in [2.24, 2.45) is 0 Å². The lowest BCUT2D eigenvalue weighted by atomic mass is 10.0. The topological polar surface area (TPSA) is 53.6 Å². The predicted octanol–water partition coefficient (Wildman–Crippen LogP) is 2.52. The molecule has 1 heterocycles. The molecule has 2 aromatic rings. The molecule has 5 nitrogen and oxygen atoms in total.